The van der Waals surface area contributed by atoms with E-state index in [-0.39, 0.29) is 35.5 Å². The number of carboxylic acid groups (broad SMARTS) is 1. The lowest BCUT2D eigenvalue weighted by Gasteiger charge is -2.18. The van der Waals surface area contributed by atoms with Gasteiger partial charge < -0.3 is 30.4 Å². The third-order valence-electron chi connectivity index (χ3n) is 3.22. The van der Waals surface area contributed by atoms with Crippen LogP contribution in [-0.2, 0) is 27.0 Å². The van der Waals surface area contributed by atoms with Crippen LogP contribution in [0.5, 0.6) is 5.75 Å². The number of hydrogen-bond acceptors (Lipinski definition) is 7. The molecule has 136 valence electrons. The number of aromatic nitrogens is 1. The second-order valence-electron chi connectivity index (χ2n) is 5.32. The first-order valence-corrected chi connectivity index (χ1v) is 8.55. The zero-order valence-corrected chi connectivity index (χ0v) is 14.1. The number of hydrogen-bond donors (Lipinski definition) is 6. The molecule has 11 heteroatoms. The van der Waals surface area contributed by atoms with Gasteiger partial charge >= 0.3 is 13.8 Å². The second kappa shape index (κ2) is 8.52. The molecule has 0 bridgehead atoms. The number of nitrogens with one attached hydrogen (secondary N) is 1. The molecule has 1 rings (SSSR count). The highest BCUT2D eigenvalue weighted by Crippen LogP contribution is 2.38. The predicted octanol–water partition coefficient (Wildman–Crippen LogP) is 0.0186. The van der Waals surface area contributed by atoms with Gasteiger partial charge in [0.1, 0.15) is 11.8 Å². The molecule has 1 aromatic rings. The first kappa shape index (κ1) is 20.5. The van der Waals surface area contributed by atoms with Crippen molar-refractivity contribution in [2.75, 3.05) is 0 Å². The lowest BCUT2D eigenvalue weighted by molar-refractivity contribution is -0.140. The SMILES string of the molecule is Cc1ncc(COP(=O)(O)O)c(CN[C@@H](C[C@H](C)O)C(=O)O)c1O. The molecule has 24 heavy (non-hydrogen) atoms. The Hall–Kier alpha value is -1.55. The molecule has 0 aliphatic rings. The summed E-state index contributed by atoms with van der Waals surface area (Å²) in [5, 5.41) is 31.2. The van der Waals surface area contributed by atoms with Gasteiger partial charge in [0.25, 0.3) is 0 Å². The topological polar surface area (TPSA) is 169 Å². The highest BCUT2D eigenvalue weighted by Gasteiger charge is 2.22. The van der Waals surface area contributed by atoms with E-state index in [0.717, 1.165) is 0 Å². The van der Waals surface area contributed by atoms with Crippen LogP contribution in [0.25, 0.3) is 0 Å². The molecule has 0 radical (unpaired) electrons. The molecule has 6 N–H and O–H groups in total. The van der Waals surface area contributed by atoms with E-state index >= 15 is 0 Å². The number of carbonyl (C=O) groups is 1. The van der Waals surface area contributed by atoms with Crippen LogP contribution in [0.4, 0.5) is 0 Å². The van der Waals surface area contributed by atoms with Crippen molar-refractivity contribution in [2.45, 2.75) is 45.6 Å². The maximum Gasteiger partial charge on any atom is 0.469 e. The number of phosphoric acid groups is 1. The lowest BCUT2D eigenvalue weighted by Crippen LogP contribution is -2.38. The predicted molar refractivity (Wildman–Crippen MR) is 82.0 cm³/mol. The van der Waals surface area contributed by atoms with Crippen LogP contribution >= 0.6 is 7.82 Å². The number of phosphoric ester groups is 1. The zero-order valence-electron chi connectivity index (χ0n) is 13.2. The molecule has 0 fully saturated rings. The van der Waals surface area contributed by atoms with Crippen molar-refractivity contribution in [1.29, 1.82) is 0 Å². The minimum Gasteiger partial charge on any atom is -0.506 e. The fourth-order valence-electron chi connectivity index (χ4n) is 2.00. The fraction of sp³-hybridized carbons (Fsp3) is 0.538. The molecule has 1 aromatic heterocycles. The average molecular weight is 364 g/mol. The van der Waals surface area contributed by atoms with Crippen molar-refractivity contribution >= 4 is 13.8 Å². The third kappa shape index (κ3) is 6.52. The molecule has 0 aliphatic heterocycles. The van der Waals surface area contributed by atoms with Gasteiger partial charge in [-0.2, -0.15) is 0 Å². The van der Waals surface area contributed by atoms with Gasteiger partial charge in [0.05, 0.1) is 18.4 Å². The van der Waals surface area contributed by atoms with Crippen molar-refractivity contribution in [3.05, 3.63) is 23.0 Å². The lowest BCUT2D eigenvalue weighted by atomic mass is 10.1. The minimum absolute atomic E-state index is 0.0471. The molecule has 10 nitrogen and oxygen atoms in total. The monoisotopic (exact) mass is 364 g/mol. The summed E-state index contributed by atoms with van der Waals surface area (Å²) in [4.78, 5) is 32.6. The average Bonchev–Trinajstić information content (AvgIpc) is 2.44. The van der Waals surface area contributed by atoms with Crippen LogP contribution < -0.4 is 5.32 Å². The summed E-state index contributed by atoms with van der Waals surface area (Å²) < 4.78 is 15.2. The Labute approximate surface area is 138 Å². The Morgan fingerprint density at radius 3 is 2.58 bits per heavy atom. The van der Waals surface area contributed by atoms with Gasteiger partial charge in [-0.05, 0) is 20.3 Å². The van der Waals surface area contributed by atoms with Crippen molar-refractivity contribution in [2.24, 2.45) is 0 Å². The van der Waals surface area contributed by atoms with E-state index in [0.29, 0.717) is 0 Å². The van der Waals surface area contributed by atoms with Gasteiger partial charge in [-0.25, -0.2) is 4.57 Å². The molecule has 2 atom stereocenters. The van der Waals surface area contributed by atoms with Gasteiger partial charge in [0.2, 0.25) is 0 Å². The maximum absolute atomic E-state index is 11.2. The molecule has 0 unspecified atom stereocenters. The number of aliphatic carboxylic acids is 1. The largest absolute Gasteiger partial charge is 0.506 e. The Bertz CT molecular complexity index is 631. The van der Waals surface area contributed by atoms with E-state index in [1.54, 1.807) is 0 Å². The molecule has 0 aliphatic carbocycles. The number of aryl methyl sites for hydroxylation is 1. The summed E-state index contributed by atoms with van der Waals surface area (Å²) in [5.41, 5.74) is 0.692. The van der Waals surface area contributed by atoms with E-state index in [9.17, 15) is 19.6 Å². The molecular formula is C13H21N2O8P. The van der Waals surface area contributed by atoms with Crippen LogP contribution in [0, 0.1) is 6.92 Å². The van der Waals surface area contributed by atoms with E-state index in [1.807, 2.05) is 0 Å². The number of carboxylic acids is 1. The molecular weight excluding hydrogens is 343 g/mol. The Balaban J connectivity index is 2.97. The number of nitrogens with zero attached hydrogens (tertiary/aromatic N) is 1. The van der Waals surface area contributed by atoms with E-state index in [1.165, 1.54) is 20.0 Å². The minimum atomic E-state index is -4.71. The number of aromatic hydroxyl groups is 1. The highest BCUT2D eigenvalue weighted by atomic mass is 31.2. The van der Waals surface area contributed by atoms with Crippen LogP contribution in [0.15, 0.2) is 6.20 Å². The van der Waals surface area contributed by atoms with Crippen molar-refractivity contribution in [3.63, 3.8) is 0 Å². The summed E-state index contributed by atoms with van der Waals surface area (Å²) in [6, 6.07) is -1.06. The second-order valence-corrected chi connectivity index (χ2v) is 6.56. The summed E-state index contributed by atoms with van der Waals surface area (Å²) in [7, 11) is -4.71. The van der Waals surface area contributed by atoms with Crippen LogP contribution in [0.2, 0.25) is 0 Å². The molecule has 1 heterocycles. The van der Waals surface area contributed by atoms with E-state index in [4.69, 9.17) is 14.9 Å². The standard InChI is InChI=1S/C13H21N2O8P/c1-7(16)3-11(13(18)19)15-5-10-9(6-23-24(20,21)22)4-14-8(2)12(10)17/h4,7,11,15-17H,3,5-6H2,1-2H3,(H,18,19)(H2,20,21,22)/t7-,11-/m0/s1. The summed E-state index contributed by atoms with van der Waals surface area (Å²) in [6.07, 6.45) is 0.393. The first-order valence-electron chi connectivity index (χ1n) is 7.02. The van der Waals surface area contributed by atoms with Gasteiger partial charge in [-0.1, -0.05) is 0 Å². The molecule has 0 aromatic carbocycles. The first-order chi connectivity index (χ1) is 11.0. The Kier molecular flexibility index (Phi) is 7.27. The van der Waals surface area contributed by atoms with Gasteiger partial charge in [0, 0.05) is 23.9 Å². The van der Waals surface area contributed by atoms with Crippen LogP contribution in [0.3, 0.4) is 0 Å². The molecule has 0 spiro atoms. The third-order valence-corrected chi connectivity index (χ3v) is 3.68. The maximum atomic E-state index is 11.2. The van der Waals surface area contributed by atoms with Gasteiger partial charge in [0.15, 0.2) is 0 Å². The Morgan fingerprint density at radius 2 is 2.08 bits per heavy atom. The van der Waals surface area contributed by atoms with E-state index < -0.39 is 32.5 Å². The number of pyridine rings is 1. The van der Waals surface area contributed by atoms with Crippen molar-refractivity contribution in [1.82, 2.24) is 10.3 Å². The molecule has 0 saturated carbocycles. The van der Waals surface area contributed by atoms with Gasteiger partial charge in [-0.3, -0.25) is 14.3 Å². The normalized spacial score (nSPS) is 14.4. The summed E-state index contributed by atoms with van der Waals surface area (Å²) in [6.45, 7) is 2.36. The van der Waals surface area contributed by atoms with Crippen molar-refractivity contribution < 1.29 is 39.0 Å². The number of rotatable bonds is 9. The summed E-state index contributed by atoms with van der Waals surface area (Å²) >= 11 is 0. The van der Waals surface area contributed by atoms with Crippen molar-refractivity contribution in [3.8, 4) is 5.75 Å². The van der Waals surface area contributed by atoms with Crippen LogP contribution in [-0.4, -0.2) is 48.2 Å². The van der Waals surface area contributed by atoms with Crippen LogP contribution in [0.1, 0.15) is 30.2 Å². The van der Waals surface area contributed by atoms with Gasteiger partial charge in [-0.15, -0.1) is 0 Å². The highest BCUT2D eigenvalue weighted by molar-refractivity contribution is 7.46. The van der Waals surface area contributed by atoms with E-state index in [2.05, 4.69) is 14.8 Å². The quantitative estimate of drug-likeness (QED) is 0.328. The molecule has 0 amide bonds. The number of aliphatic hydroxyl groups excluding tert-OH is 1. The fourth-order valence-corrected chi connectivity index (χ4v) is 2.30. The summed E-state index contributed by atoms with van der Waals surface area (Å²) in [5.74, 6) is -1.40. The zero-order chi connectivity index (χ0) is 18.5. The molecule has 0 saturated heterocycles. The smallest absolute Gasteiger partial charge is 0.469 e. The number of aliphatic hydroxyl groups is 1. The Morgan fingerprint density at radius 1 is 1.46 bits per heavy atom.